The summed E-state index contributed by atoms with van der Waals surface area (Å²) in [5.41, 5.74) is -1.76. The highest BCUT2D eigenvalue weighted by Gasteiger charge is 2.53. The van der Waals surface area contributed by atoms with Crippen molar-refractivity contribution >= 4 is 16.6 Å². The van der Waals surface area contributed by atoms with Crippen LogP contribution in [0, 0.1) is 0 Å². The Morgan fingerprint density at radius 1 is 1.07 bits per heavy atom. The lowest BCUT2D eigenvalue weighted by Gasteiger charge is -2.29. The third-order valence-corrected chi connectivity index (χ3v) is 5.77. The van der Waals surface area contributed by atoms with Crippen LogP contribution in [0.25, 0.3) is 0 Å². The molecule has 0 saturated carbocycles. The molecule has 0 aromatic heterocycles. The highest BCUT2D eigenvalue weighted by atomic mass is 32.2. The Morgan fingerprint density at radius 3 is 2.07 bits per heavy atom. The maximum Gasteiger partial charge on any atom is 0.421 e. The van der Waals surface area contributed by atoms with E-state index in [9.17, 15) is 31.5 Å². The summed E-state index contributed by atoms with van der Waals surface area (Å²) in [5.74, 6) is -0.483. The molecule has 0 radical (unpaired) electrons. The fourth-order valence-electron chi connectivity index (χ4n) is 2.79. The van der Waals surface area contributed by atoms with Crippen LogP contribution in [0.15, 0.2) is 48.5 Å². The molecule has 2 N–H and O–H groups in total. The Hall–Kier alpha value is -2.39. The van der Waals surface area contributed by atoms with Crippen molar-refractivity contribution in [2.75, 3.05) is 0 Å². The molecule has 2 rings (SSSR count). The minimum Gasteiger partial charge on any atom is -0.376 e. The zero-order valence-corrected chi connectivity index (χ0v) is 16.8. The first-order chi connectivity index (χ1) is 13.5. The molecule has 0 aliphatic heterocycles. The van der Waals surface area contributed by atoms with E-state index < -0.39 is 40.1 Å². The van der Waals surface area contributed by atoms with Crippen LogP contribution in [0.3, 0.4) is 0 Å². The van der Waals surface area contributed by atoms with Crippen molar-refractivity contribution in [3.63, 3.8) is 0 Å². The molecule has 0 bridgehead atoms. The molecule has 2 atom stereocenters. The summed E-state index contributed by atoms with van der Waals surface area (Å²) < 4.78 is 61.4. The SMILES string of the molecule is CCC(O)(c1ccc(C(=O)NCc2ccc(C(C)[SH](=O)=O)cc2)cc1)C(F)(F)F. The van der Waals surface area contributed by atoms with Crippen LogP contribution >= 0.6 is 0 Å². The van der Waals surface area contributed by atoms with Gasteiger partial charge in [0.05, 0.1) is 5.25 Å². The molecule has 0 aliphatic carbocycles. The van der Waals surface area contributed by atoms with Gasteiger partial charge in [-0.15, -0.1) is 0 Å². The summed E-state index contributed by atoms with van der Waals surface area (Å²) in [5, 5.41) is 12.0. The fourth-order valence-corrected chi connectivity index (χ4v) is 3.20. The first-order valence-corrected chi connectivity index (χ1v) is 10.1. The lowest BCUT2D eigenvalue weighted by Crippen LogP contribution is -2.41. The molecule has 0 saturated heterocycles. The van der Waals surface area contributed by atoms with Crippen molar-refractivity contribution in [1.82, 2.24) is 5.32 Å². The third kappa shape index (κ3) is 5.16. The first kappa shape index (κ1) is 22.9. The van der Waals surface area contributed by atoms with Crippen molar-refractivity contribution < 1.29 is 31.5 Å². The predicted octanol–water partition coefficient (Wildman–Crippen LogP) is 3.45. The van der Waals surface area contributed by atoms with Crippen LogP contribution in [0.4, 0.5) is 13.2 Å². The number of thiol groups is 1. The summed E-state index contributed by atoms with van der Waals surface area (Å²) in [4.78, 5) is 12.2. The Balaban J connectivity index is 2.05. The standard InChI is InChI=1S/C20H22F3NO4S/c1-3-19(26,20(21,22)23)17-10-8-16(9-11-17)18(25)24-12-14-4-6-15(7-5-14)13(2)29(27)28/h4-11,13,26,29H,3,12H2,1-2H3,(H,24,25). The molecular weight excluding hydrogens is 407 g/mol. The van der Waals surface area contributed by atoms with E-state index in [1.807, 2.05) is 0 Å². The summed E-state index contributed by atoms with van der Waals surface area (Å²) in [6.07, 6.45) is -5.37. The molecule has 0 spiro atoms. The Bertz CT molecular complexity index is 916. The average Bonchev–Trinajstić information content (AvgIpc) is 2.70. The second kappa shape index (κ2) is 8.96. The van der Waals surface area contributed by atoms with Gasteiger partial charge in [-0.05, 0) is 42.2 Å². The van der Waals surface area contributed by atoms with Crippen molar-refractivity contribution in [3.8, 4) is 0 Å². The van der Waals surface area contributed by atoms with E-state index in [-0.39, 0.29) is 17.7 Å². The molecule has 1 amide bonds. The van der Waals surface area contributed by atoms with E-state index in [2.05, 4.69) is 5.32 Å². The van der Waals surface area contributed by atoms with Gasteiger partial charge in [0, 0.05) is 12.1 Å². The van der Waals surface area contributed by atoms with Crippen molar-refractivity contribution in [2.45, 2.75) is 43.8 Å². The second-order valence-electron chi connectivity index (χ2n) is 6.67. The summed E-state index contributed by atoms with van der Waals surface area (Å²) >= 11 is 0. The molecule has 9 heteroatoms. The Kier molecular flexibility index (Phi) is 7.07. The fraction of sp³-hybridized carbons (Fsp3) is 0.350. The van der Waals surface area contributed by atoms with Crippen LogP contribution in [0.5, 0.6) is 0 Å². The van der Waals surface area contributed by atoms with Crippen LogP contribution in [0.2, 0.25) is 0 Å². The molecule has 5 nitrogen and oxygen atoms in total. The van der Waals surface area contributed by atoms with E-state index >= 15 is 0 Å². The van der Waals surface area contributed by atoms with E-state index in [1.165, 1.54) is 19.1 Å². The third-order valence-electron chi connectivity index (χ3n) is 4.84. The van der Waals surface area contributed by atoms with Crippen LogP contribution < -0.4 is 5.32 Å². The monoisotopic (exact) mass is 429 g/mol. The highest BCUT2D eigenvalue weighted by molar-refractivity contribution is 7.72. The van der Waals surface area contributed by atoms with E-state index in [1.54, 1.807) is 31.2 Å². The minimum absolute atomic E-state index is 0.156. The normalized spacial score (nSPS) is 15.0. The number of carbonyl (C=O) groups is 1. The lowest BCUT2D eigenvalue weighted by molar-refractivity contribution is -0.267. The van der Waals surface area contributed by atoms with Gasteiger partial charge in [-0.25, -0.2) is 8.42 Å². The highest BCUT2D eigenvalue weighted by Crippen LogP contribution is 2.41. The number of hydrogen-bond acceptors (Lipinski definition) is 4. The summed E-state index contributed by atoms with van der Waals surface area (Å²) in [6.45, 7) is 2.97. The van der Waals surface area contributed by atoms with Gasteiger partial charge in [0.1, 0.15) is 10.7 Å². The quantitative estimate of drug-likeness (QED) is 0.589. The maximum atomic E-state index is 13.1. The molecule has 0 heterocycles. The number of halogens is 3. The molecule has 2 unspecified atom stereocenters. The van der Waals surface area contributed by atoms with Crippen molar-refractivity contribution in [2.24, 2.45) is 0 Å². The first-order valence-electron chi connectivity index (χ1n) is 8.89. The van der Waals surface area contributed by atoms with Crippen LogP contribution in [0.1, 0.15) is 52.6 Å². The van der Waals surface area contributed by atoms with Gasteiger partial charge >= 0.3 is 6.18 Å². The smallest absolute Gasteiger partial charge is 0.376 e. The summed E-state index contributed by atoms with van der Waals surface area (Å²) in [6, 6.07) is 11.3. The molecule has 0 fully saturated rings. The number of rotatable bonds is 7. The number of benzene rings is 2. The van der Waals surface area contributed by atoms with Gasteiger partial charge < -0.3 is 10.4 Å². The maximum absolute atomic E-state index is 13.1. The Labute approximate surface area is 168 Å². The van der Waals surface area contributed by atoms with E-state index in [0.717, 1.165) is 17.7 Å². The minimum atomic E-state index is -4.82. The number of nitrogens with one attached hydrogen (secondary N) is 1. The number of carbonyl (C=O) groups excluding carboxylic acids is 1. The topological polar surface area (TPSA) is 83.5 Å². The molecule has 2 aromatic rings. The van der Waals surface area contributed by atoms with Gasteiger partial charge in [-0.1, -0.05) is 43.3 Å². The predicted molar refractivity (Wildman–Crippen MR) is 103 cm³/mol. The largest absolute Gasteiger partial charge is 0.421 e. The zero-order chi connectivity index (χ0) is 21.8. The van der Waals surface area contributed by atoms with Gasteiger partial charge in [0.25, 0.3) is 5.91 Å². The average molecular weight is 429 g/mol. The van der Waals surface area contributed by atoms with Gasteiger partial charge in [-0.2, -0.15) is 13.2 Å². The lowest BCUT2D eigenvalue weighted by atomic mass is 9.90. The van der Waals surface area contributed by atoms with Gasteiger partial charge in [-0.3, -0.25) is 4.79 Å². The molecule has 29 heavy (non-hydrogen) atoms. The van der Waals surface area contributed by atoms with Crippen molar-refractivity contribution in [1.29, 1.82) is 0 Å². The molecular formula is C20H22F3NO4S. The molecule has 0 aliphatic rings. The van der Waals surface area contributed by atoms with E-state index in [0.29, 0.717) is 5.56 Å². The number of aliphatic hydroxyl groups is 1. The number of alkyl halides is 3. The van der Waals surface area contributed by atoms with Gasteiger partial charge in [0.2, 0.25) is 0 Å². The number of hydrogen-bond donors (Lipinski definition) is 3. The van der Waals surface area contributed by atoms with Crippen LogP contribution in [-0.2, 0) is 22.8 Å². The zero-order valence-electron chi connectivity index (χ0n) is 15.9. The van der Waals surface area contributed by atoms with E-state index in [4.69, 9.17) is 0 Å². The summed E-state index contributed by atoms with van der Waals surface area (Å²) in [7, 11) is -2.57. The molecule has 158 valence electrons. The van der Waals surface area contributed by atoms with Gasteiger partial charge in [0.15, 0.2) is 5.60 Å². The second-order valence-corrected chi connectivity index (χ2v) is 8.02. The Morgan fingerprint density at radius 2 is 1.62 bits per heavy atom. The molecule has 2 aromatic carbocycles. The van der Waals surface area contributed by atoms with Crippen molar-refractivity contribution in [3.05, 3.63) is 70.8 Å². The van der Waals surface area contributed by atoms with Crippen LogP contribution in [-0.4, -0.2) is 25.6 Å². The number of amides is 1.